The zero-order valence-electron chi connectivity index (χ0n) is 32.1. The van der Waals surface area contributed by atoms with Gasteiger partial charge < -0.3 is 24.8 Å². The summed E-state index contributed by atoms with van der Waals surface area (Å²) in [6.45, 7) is 8.40. The molecule has 0 bridgehead atoms. The molecule has 0 amide bonds. The van der Waals surface area contributed by atoms with Gasteiger partial charge in [0.15, 0.2) is 0 Å². The van der Waals surface area contributed by atoms with Crippen LogP contribution in [0.2, 0.25) is 5.15 Å². The number of nitrogens with zero attached hydrogens (tertiary/aromatic N) is 12. The van der Waals surface area contributed by atoms with E-state index in [4.69, 9.17) is 31.1 Å². The van der Waals surface area contributed by atoms with Gasteiger partial charge in [0.05, 0.1) is 85.6 Å². The summed E-state index contributed by atoms with van der Waals surface area (Å²) in [5, 5.41) is 24.9. The van der Waals surface area contributed by atoms with Gasteiger partial charge in [-0.15, -0.1) is 0 Å². The zero-order valence-corrected chi connectivity index (χ0v) is 32.9. The van der Waals surface area contributed by atoms with Crippen molar-refractivity contribution in [1.29, 1.82) is 10.5 Å². The lowest BCUT2D eigenvalue weighted by atomic mass is 10.1. The van der Waals surface area contributed by atoms with Gasteiger partial charge in [-0.1, -0.05) is 11.6 Å². The van der Waals surface area contributed by atoms with Gasteiger partial charge >= 0.3 is 0 Å². The summed E-state index contributed by atoms with van der Waals surface area (Å²) in [6.07, 6.45) is 10.0. The Morgan fingerprint density at radius 3 is 1.59 bits per heavy atom. The number of anilines is 4. The van der Waals surface area contributed by atoms with Crippen molar-refractivity contribution < 1.29 is 14.2 Å². The standard InChI is InChI=1S/C21H21N7O2.C20H18ClN7O/c1-29-20-15(11-22)10-16(12-25-20)19-4-5-23-21(27-19)26-17-2-3-18(24-13-17)14-28-6-8-30-9-7-28;21-19-14(10-22)9-15(11-25-19)18-3-4-23-20(27-18)26-16-1-2-17(24-12-16)13-28-5-7-29-8-6-28/h2-5,10,12-13H,6-9,14H2,1H3,(H,23,26,27);1-4,9,11-12H,5-8,13H2,(H,23,26,27). The van der Waals surface area contributed by atoms with Crippen LogP contribution in [-0.4, -0.2) is 109 Å². The van der Waals surface area contributed by atoms with E-state index in [9.17, 15) is 5.26 Å². The van der Waals surface area contributed by atoms with Crippen molar-refractivity contribution in [2.45, 2.75) is 13.1 Å². The minimum absolute atomic E-state index is 0.173. The number of hydrogen-bond donors (Lipinski definition) is 2. The van der Waals surface area contributed by atoms with Gasteiger partial charge in [0.25, 0.3) is 0 Å². The highest BCUT2D eigenvalue weighted by atomic mass is 35.5. The summed E-state index contributed by atoms with van der Waals surface area (Å²) in [4.78, 5) is 39.4. The van der Waals surface area contributed by atoms with E-state index < -0.39 is 0 Å². The fraction of sp³-hybridized carbons (Fsp3) is 0.268. The molecule has 18 heteroatoms. The zero-order chi connectivity index (χ0) is 40.8. The van der Waals surface area contributed by atoms with Crippen molar-refractivity contribution in [3.8, 4) is 40.5 Å². The molecule has 6 aromatic heterocycles. The van der Waals surface area contributed by atoms with Crippen molar-refractivity contribution in [1.82, 2.24) is 49.7 Å². The summed E-state index contributed by atoms with van der Waals surface area (Å²) in [5.41, 5.74) is 6.93. The number of pyridine rings is 4. The Kier molecular flexibility index (Phi) is 13.8. The molecule has 0 unspecified atom stereocenters. The molecule has 2 saturated heterocycles. The molecule has 59 heavy (non-hydrogen) atoms. The number of halogens is 1. The summed E-state index contributed by atoms with van der Waals surface area (Å²) in [6, 6.07) is 18.9. The van der Waals surface area contributed by atoms with E-state index in [1.54, 1.807) is 61.4 Å². The molecule has 0 spiro atoms. The van der Waals surface area contributed by atoms with Crippen molar-refractivity contribution >= 4 is 34.9 Å². The molecule has 0 saturated carbocycles. The third-order valence-corrected chi connectivity index (χ3v) is 9.47. The first kappa shape index (κ1) is 40.5. The van der Waals surface area contributed by atoms with E-state index in [0.717, 1.165) is 88.5 Å². The Morgan fingerprint density at radius 2 is 1.14 bits per heavy atom. The lowest BCUT2D eigenvalue weighted by Crippen LogP contribution is -2.35. The Morgan fingerprint density at radius 1 is 0.644 bits per heavy atom. The highest BCUT2D eigenvalue weighted by Gasteiger charge is 2.14. The molecule has 0 aliphatic carbocycles. The highest BCUT2D eigenvalue weighted by Crippen LogP contribution is 2.25. The van der Waals surface area contributed by atoms with Crippen LogP contribution in [0.15, 0.2) is 85.7 Å². The predicted molar refractivity (Wildman–Crippen MR) is 219 cm³/mol. The van der Waals surface area contributed by atoms with E-state index in [1.165, 1.54) is 7.11 Å². The van der Waals surface area contributed by atoms with Crippen LogP contribution in [-0.2, 0) is 22.6 Å². The molecule has 0 atom stereocenters. The van der Waals surface area contributed by atoms with Crippen LogP contribution in [0.5, 0.6) is 5.88 Å². The second-order valence-corrected chi connectivity index (χ2v) is 13.6. The number of aromatic nitrogens is 8. The van der Waals surface area contributed by atoms with Crippen molar-refractivity contribution in [2.24, 2.45) is 0 Å². The maximum Gasteiger partial charge on any atom is 0.231 e. The Bertz CT molecular complexity index is 2410. The Labute approximate surface area is 345 Å². The number of rotatable bonds is 11. The SMILES string of the molecule is COc1ncc(-c2ccnc(Nc3ccc(CN4CCOCC4)nc3)n2)cc1C#N.N#Cc1cc(-c2ccnc(Nc3ccc(CN4CCOCC4)nc3)n2)cnc1Cl. The summed E-state index contributed by atoms with van der Waals surface area (Å²) < 4.78 is 15.8. The van der Waals surface area contributed by atoms with Crippen LogP contribution in [0.4, 0.5) is 23.3 Å². The fourth-order valence-electron chi connectivity index (χ4n) is 6.08. The first-order valence-electron chi connectivity index (χ1n) is 18.7. The van der Waals surface area contributed by atoms with Crippen LogP contribution >= 0.6 is 11.6 Å². The van der Waals surface area contributed by atoms with Crippen LogP contribution in [0.3, 0.4) is 0 Å². The predicted octanol–water partition coefficient (Wildman–Crippen LogP) is 5.42. The number of ether oxygens (including phenoxy) is 3. The molecule has 0 aromatic carbocycles. The Balaban J connectivity index is 0.000000179. The van der Waals surface area contributed by atoms with Gasteiger partial charge in [-0.2, -0.15) is 10.5 Å². The molecular weight excluding hydrogens is 772 g/mol. The molecule has 2 aliphatic heterocycles. The first-order valence-corrected chi connectivity index (χ1v) is 19.0. The van der Waals surface area contributed by atoms with Gasteiger partial charge in [-0.25, -0.2) is 29.9 Å². The average Bonchev–Trinajstić information content (AvgIpc) is 3.29. The van der Waals surface area contributed by atoms with E-state index in [2.05, 4.69) is 66.4 Å². The molecule has 298 valence electrons. The molecule has 2 N–H and O–H groups in total. The van der Waals surface area contributed by atoms with Gasteiger partial charge in [-0.3, -0.25) is 19.8 Å². The van der Waals surface area contributed by atoms with Gasteiger partial charge in [0, 0.05) is 75.2 Å². The molecule has 2 fully saturated rings. The summed E-state index contributed by atoms with van der Waals surface area (Å²) in [7, 11) is 1.48. The fourth-order valence-corrected chi connectivity index (χ4v) is 6.23. The molecule has 8 heterocycles. The van der Waals surface area contributed by atoms with Gasteiger partial charge in [0.2, 0.25) is 17.8 Å². The first-order chi connectivity index (χ1) is 29.0. The lowest BCUT2D eigenvalue weighted by Gasteiger charge is -2.26. The van der Waals surface area contributed by atoms with Crippen molar-refractivity contribution in [3.63, 3.8) is 0 Å². The molecule has 8 rings (SSSR count). The number of hydrogen-bond acceptors (Lipinski definition) is 17. The van der Waals surface area contributed by atoms with Crippen LogP contribution in [0.1, 0.15) is 22.5 Å². The Hall–Kier alpha value is -6.73. The number of methoxy groups -OCH3 is 1. The maximum absolute atomic E-state index is 9.27. The third-order valence-electron chi connectivity index (χ3n) is 9.17. The lowest BCUT2D eigenvalue weighted by molar-refractivity contribution is 0.0336. The minimum atomic E-state index is 0.173. The van der Waals surface area contributed by atoms with E-state index in [1.807, 2.05) is 30.3 Å². The largest absolute Gasteiger partial charge is 0.480 e. The smallest absolute Gasteiger partial charge is 0.231 e. The van der Waals surface area contributed by atoms with Crippen molar-refractivity contribution in [2.75, 3.05) is 70.3 Å². The highest BCUT2D eigenvalue weighted by molar-refractivity contribution is 6.30. The second kappa shape index (κ2) is 20.1. The van der Waals surface area contributed by atoms with E-state index >= 15 is 0 Å². The number of nitrogens with one attached hydrogen (secondary N) is 2. The molecule has 2 aliphatic rings. The van der Waals surface area contributed by atoms with E-state index in [-0.39, 0.29) is 11.0 Å². The number of morpholine rings is 2. The summed E-state index contributed by atoms with van der Waals surface area (Å²) >= 11 is 5.90. The minimum Gasteiger partial charge on any atom is -0.480 e. The van der Waals surface area contributed by atoms with Crippen LogP contribution in [0, 0.1) is 22.7 Å². The maximum atomic E-state index is 9.27. The van der Waals surface area contributed by atoms with Crippen LogP contribution < -0.4 is 15.4 Å². The second-order valence-electron chi connectivity index (χ2n) is 13.2. The summed E-state index contributed by atoms with van der Waals surface area (Å²) in [5.74, 6) is 1.15. The normalized spacial score (nSPS) is 14.2. The molecular formula is C41H39ClN14O3. The van der Waals surface area contributed by atoms with E-state index in [0.29, 0.717) is 45.5 Å². The average molecular weight is 811 g/mol. The third kappa shape index (κ3) is 11.2. The molecule has 0 radical (unpaired) electrons. The molecule has 17 nitrogen and oxygen atoms in total. The van der Waals surface area contributed by atoms with Crippen LogP contribution in [0.25, 0.3) is 22.5 Å². The van der Waals surface area contributed by atoms with Gasteiger partial charge in [0.1, 0.15) is 22.9 Å². The topological polar surface area (TPSA) is 209 Å². The number of nitriles is 2. The van der Waals surface area contributed by atoms with Crippen molar-refractivity contribution in [3.05, 3.63) is 113 Å². The quantitative estimate of drug-likeness (QED) is 0.156. The molecule has 6 aromatic rings. The monoisotopic (exact) mass is 810 g/mol. The van der Waals surface area contributed by atoms with Gasteiger partial charge in [-0.05, 0) is 48.5 Å².